The molecule has 1 rings (SSSR count). The summed E-state index contributed by atoms with van der Waals surface area (Å²) in [6.45, 7) is 3.94. The highest BCUT2D eigenvalue weighted by atomic mass is 79.9. The Morgan fingerprint density at radius 2 is 2.13 bits per heavy atom. The lowest BCUT2D eigenvalue weighted by Gasteiger charge is -2.15. The third-order valence-electron chi connectivity index (χ3n) is 2.44. The molecule has 1 unspecified atom stereocenters. The quantitative estimate of drug-likeness (QED) is 0.886. The third kappa shape index (κ3) is 2.58. The molecule has 1 atom stereocenters. The molecular weight excluding hydrogens is 258 g/mol. The molecule has 3 N–H and O–H groups in total. The maximum absolute atomic E-state index is 11.0. The Labute approximate surface area is 97.4 Å². The highest BCUT2D eigenvalue weighted by Crippen LogP contribution is 2.27. The van der Waals surface area contributed by atoms with Crippen molar-refractivity contribution < 1.29 is 9.90 Å². The van der Waals surface area contributed by atoms with E-state index in [0.717, 1.165) is 21.2 Å². The van der Waals surface area contributed by atoms with Crippen LogP contribution in [-0.2, 0) is 4.79 Å². The van der Waals surface area contributed by atoms with E-state index in [-0.39, 0.29) is 6.54 Å². The summed E-state index contributed by atoms with van der Waals surface area (Å²) in [4.78, 5) is 11.0. The molecule has 0 heterocycles. The number of nitrogens with two attached hydrogens (primary N) is 1. The molecule has 15 heavy (non-hydrogen) atoms. The number of aryl methyl sites for hydroxylation is 1. The molecule has 0 fully saturated rings. The monoisotopic (exact) mass is 271 g/mol. The maximum Gasteiger partial charge on any atom is 0.312 e. The van der Waals surface area contributed by atoms with E-state index in [2.05, 4.69) is 15.9 Å². The summed E-state index contributed by atoms with van der Waals surface area (Å²) < 4.78 is 0.928. The minimum Gasteiger partial charge on any atom is -0.481 e. The van der Waals surface area contributed by atoms with Gasteiger partial charge in [0, 0.05) is 11.0 Å². The fraction of sp³-hybridized carbons (Fsp3) is 0.364. The fourth-order valence-electron chi connectivity index (χ4n) is 1.56. The van der Waals surface area contributed by atoms with Gasteiger partial charge in [-0.1, -0.05) is 22.0 Å². The number of hydrogen-bond acceptors (Lipinski definition) is 2. The Morgan fingerprint density at radius 3 is 2.60 bits per heavy atom. The smallest absolute Gasteiger partial charge is 0.312 e. The largest absolute Gasteiger partial charge is 0.481 e. The van der Waals surface area contributed by atoms with Crippen LogP contribution in [-0.4, -0.2) is 17.6 Å². The van der Waals surface area contributed by atoms with Gasteiger partial charge in [0.05, 0.1) is 5.92 Å². The van der Waals surface area contributed by atoms with Crippen LogP contribution in [0.25, 0.3) is 0 Å². The van der Waals surface area contributed by atoms with E-state index in [1.54, 1.807) is 0 Å². The minimum absolute atomic E-state index is 0.117. The second kappa shape index (κ2) is 4.77. The van der Waals surface area contributed by atoms with Gasteiger partial charge in [-0.05, 0) is 36.6 Å². The van der Waals surface area contributed by atoms with Gasteiger partial charge in [0.25, 0.3) is 0 Å². The van der Waals surface area contributed by atoms with Crippen molar-refractivity contribution in [3.63, 3.8) is 0 Å². The first-order valence-corrected chi connectivity index (χ1v) is 5.46. The first kappa shape index (κ1) is 12.2. The van der Waals surface area contributed by atoms with Crippen LogP contribution in [0.15, 0.2) is 16.6 Å². The van der Waals surface area contributed by atoms with Crippen LogP contribution in [0.1, 0.15) is 22.6 Å². The summed E-state index contributed by atoms with van der Waals surface area (Å²) >= 11 is 3.41. The Kier molecular flexibility index (Phi) is 3.88. The average molecular weight is 272 g/mol. The molecule has 0 amide bonds. The number of aliphatic carboxylic acids is 1. The van der Waals surface area contributed by atoms with Crippen molar-refractivity contribution >= 4 is 21.9 Å². The summed E-state index contributed by atoms with van der Waals surface area (Å²) in [5, 5.41) is 9.04. The summed E-state index contributed by atoms with van der Waals surface area (Å²) in [5.41, 5.74) is 8.24. The lowest BCUT2D eigenvalue weighted by molar-refractivity contribution is -0.138. The van der Waals surface area contributed by atoms with Gasteiger partial charge >= 0.3 is 5.97 Å². The van der Waals surface area contributed by atoms with E-state index in [0.29, 0.717) is 0 Å². The van der Waals surface area contributed by atoms with Crippen LogP contribution in [0.4, 0.5) is 0 Å². The third-order valence-corrected chi connectivity index (χ3v) is 3.26. The van der Waals surface area contributed by atoms with E-state index in [4.69, 9.17) is 10.8 Å². The molecule has 0 aliphatic heterocycles. The molecular formula is C11H14BrNO2. The van der Waals surface area contributed by atoms with Crippen LogP contribution >= 0.6 is 15.9 Å². The summed E-state index contributed by atoms with van der Waals surface area (Å²) in [6.07, 6.45) is 0. The molecule has 0 aliphatic carbocycles. The van der Waals surface area contributed by atoms with Gasteiger partial charge in [-0.25, -0.2) is 0 Å². The molecule has 0 aliphatic rings. The number of carboxylic acids is 1. The summed E-state index contributed by atoms with van der Waals surface area (Å²) in [5.74, 6) is -1.50. The number of carbonyl (C=O) groups is 1. The average Bonchev–Trinajstić information content (AvgIpc) is 2.13. The predicted octanol–water partition coefficient (Wildman–Crippen LogP) is 2.19. The molecule has 0 saturated heterocycles. The van der Waals surface area contributed by atoms with Crippen molar-refractivity contribution in [3.8, 4) is 0 Å². The number of rotatable bonds is 3. The molecule has 0 radical (unpaired) electrons. The Hall–Kier alpha value is -0.870. The van der Waals surface area contributed by atoms with E-state index < -0.39 is 11.9 Å². The van der Waals surface area contributed by atoms with Crippen LogP contribution in [0.5, 0.6) is 0 Å². The summed E-state index contributed by atoms with van der Waals surface area (Å²) in [7, 11) is 0. The van der Waals surface area contributed by atoms with Crippen molar-refractivity contribution in [3.05, 3.63) is 33.3 Å². The second-order valence-corrected chi connectivity index (χ2v) is 4.44. The standard InChI is InChI=1S/C11H14BrNO2/c1-6-3-8(7(2)10(12)4-6)9(5-13)11(14)15/h3-4,9H,5,13H2,1-2H3,(H,14,15). The highest BCUT2D eigenvalue weighted by Gasteiger charge is 2.21. The number of benzene rings is 1. The van der Waals surface area contributed by atoms with Gasteiger partial charge < -0.3 is 10.8 Å². The minimum atomic E-state index is -0.877. The molecule has 0 aromatic heterocycles. The van der Waals surface area contributed by atoms with Crippen LogP contribution in [0.2, 0.25) is 0 Å². The highest BCUT2D eigenvalue weighted by molar-refractivity contribution is 9.10. The SMILES string of the molecule is Cc1cc(Br)c(C)c(C(CN)C(=O)O)c1. The van der Waals surface area contributed by atoms with Gasteiger partial charge in [-0.2, -0.15) is 0 Å². The van der Waals surface area contributed by atoms with Gasteiger partial charge in [-0.15, -0.1) is 0 Å². The topological polar surface area (TPSA) is 63.3 Å². The van der Waals surface area contributed by atoms with E-state index in [9.17, 15) is 4.79 Å². The van der Waals surface area contributed by atoms with Crippen molar-refractivity contribution in [2.45, 2.75) is 19.8 Å². The molecule has 0 spiro atoms. The molecule has 1 aromatic carbocycles. The lowest BCUT2D eigenvalue weighted by Crippen LogP contribution is -2.22. The molecule has 0 saturated carbocycles. The van der Waals surface area contributed by atoms with Crippen LogP contribution in [0.3, 0.4) is 0 Å². The van der Waals surface area contributed by atoms with Crippen molar-refractivity contribution in [1.29, 1.82) is 0 Å². The van der Waals surface area contributed by atoms with Gasteiger partial charge in [0.15, 0.2) is 0 Å². The van der Waals surface area contributed by atoms with Gasteiger partial charge in [0.2, 0.25) is 0 Å². The molecule has 4 heteroatoms. The lowest BCUT2D eigenvalue weighted by atomic mass is 9.93. The number of halogens is 1. The fourth-order valence-corrected chi connectivity index (χ4v) is 2.15. The number of hydrogen-bond donors (Lipinski definition) is 2. The van der Waals surface area contributed by atoms with Crippen LogP contribution in [0, 0.1) is 13.8 Å². The molecule has 3 nitrogen and oxygen atoms in total. The van der Waals surface area contributed by atoms with E-state index in [1.807, 2.05) is 26.0 Å². The first-order chi connectivity index (χ1) is 6.97. The van der Waals surface area contributed by atoms with Gasteiger partial charge in [-0.3, -0.25) is 4.79 Å². The van der Waals surface area contributed by atoms with Gasteiger partial charge in [0.1, 0.15) is 0 Å². The van der Waals surface area contributed by atoms with Crippen LogP contribution < -0.4 is 5.73 Å². The van der Waals surface area contributed by atoms with E-state index >= 15 is 0 Å². The Morgan fingerprint density at radius 1 is 1.53 bits per heavy atom. The zero-order valence-electron chi connectivity index (χ0n) is 8.75. The Balaban J connectivity index is 3.28. The van der Waals surface area contributed by atoms with Crippen molar-refractivity contribution in [2.75, 3.05) is 6.54 Å². The second-order valence-electron chi connectivity index (χ2n) is 3.59. The van der Waals surface area contributed by atoms with Crippen molar-refractivity contribution in [1.82, 2.24) is 0 Å². The maximum atomic E-state index is 11.0. The Bertz CT molecular complexity index is 390. The first-order valence-electron chi connectivity index (χ1n) is 4.67. The number of carboxylic acid groups (broad SMARTS) is 1. The predicted molar refractivity (Wildman–Crippen MR) is 63.0 cm³/mol. The molecule has 82 valence electrons. The van der Waals surface area contributed by atoms with E-state index in [1.165, 1.54) is 0 Å². The normalized spacial score (nSPS) is 12.5. The molecule has 0 bridgehead atoms. The summed E-state index contributed by atoms with van der Waals surface area (Å²) in [6, 6.07) is 3.85. The zero-order valence-corrected chi connectivity index (χ0v) is 10.3. The van der Waals surface area contributed by atoms with Crippen molar-refractivity contribution in [2.24, 2.45) is 5.73 Å². The zero-order chi connectivity index (χ0) is 11.6. The molecule has 1 aromatic rings.